The fourth-order valence-corrected chi connectivity index (χ4v) is 2.30. The van der Waals surface area contributed by atoms with E-state index in [4.69, 9.17) is 25.2 Å². The van der Waals surface area contributed by atoms with E-state index >= 15 is 0 Å². The van der Waals surface area contributed by atoms with Crippen LogP contribution in [0.4, 0.5) is 0 Å². The van der Waals surface area contributed by atoms with Crippen LogP contribution in [0.3, 0.4) is 0 Å². The molecule has 3 N–H and O–H groups in total. The number of rotatable bonds is 2. The van der Waals surface area contributed by atoms with E-state index in [0.29, 0.717) is 5.92 Å². The van der Waals surface area contributed by atoms with Crippen molar-refractivity contribution in [2.45, 2.75) is 73.3 Å². The van der Waals surface area contributed by atoms with Gasteiger partial charge >= 0.3 is 6.15 Å². The monoisotopic (exact) mass is 301 g/mol. The molecule has 0 amide bonds. The fourth-order valence-electron chi connectivity index (χ4n) is 2.30. The molecule has 0 aromatic carbocycles. The zero-order chi connectivity index (χ0) is 16.3. The normalized spacial score (nSPS) is 13.9. The van der Waals surface area contributed by atoms with Gasteiger partial charge in [0.15, 0.2) is 0 Å². The average Bonchev–Trinajstić information content (AvgIpc) is 2.28. The molecule has 0 unspecified atom stereocenters. The molecular weight excluding hydrogens is 270 g/mol. The lowest BCUT2D eigenvalue weighted by Crippen LogP contribution is -2.36. The van der Waals surface area contributed by atoms with E-state index in [2.05, 4.69) is 27.7 Å². The summed E-state index contributed by atoms with van der Waals surface area (Å²) in [4.78, 5) is 25.2. The summed E-state index contributed by atoms with van der Waals surface area (Å²) in [6.07, 6.45) is 5.42. The fraction of sp³-hybridized carbons (Fsp3) is 0.750. The number of aliphatic carboxylic acids is 1. The summed E-state index contributed by atoms with van der Waals surface area (Å²) in [6, 6.07) is 0. The van der Waals surface area contributed by atoms with Gasteiger partial charge < -0.3 is 10.8 Å². The molecule has 0 aliphatic heterocycles. The topological polar surface area (TPSA) is 97.5 Å². The SMILES string of the molecule is C.CC(=O)O.CC(C)C1=C(C(C)(C)N)CCCC1.O=C=O. The van der Waals surface area contributed by atoms with Gasteiger partial charge in [-0.2, -0.15) is 9.59 Å². The number of carbonyl (C=O) groups excluding carboxylic acids is 2. The van der Waals surface area contributed by atoms with E-state index in [9.17, 15) is 0 Å². The van der Waals surface area contributed by atoms with Crippen LogP contribution < -0.4 is 5.73 Å². The predicted octanol–water partition coefficient (Wildman–Crippen LogP) is 3.39. The lowest BCUT2D eigenvalue weighted by atomic mass is 9.78. The number of carbonyl (C=O) groups is 1. The van der Waals surface area contributed by atoms with Gasteiger partial charge in [-0.25, -0.2) is 0 Å². The van der Waals surface area contributed by atoms with Crippen molar-refractivity contribution in [2.24, 2.45) is 11.7 Å². The van der Waals surface area contributed by atoms with Gasteiger partial charge in [0, 0.05) is 12.5 Å². The number of hydrogen-bond donors (Lipinski definition) is 2. The van der Waals surface area contributed by atoms with E-state index in [-0.39, 0.29) is 19.1 Å². The van der Waals surface area contributed by atoms with Crippen molar-refractivity contribution in [2.75, 3.05) is 0 Å². The van der Waals surface area contributed by atoms with Gasteiger partial charge in [0.25, 0.3) is 5.97 Å². The lowest BCUT2D eigenvalue weighted by Gasteiger charge is -2.32. The Hall–Kier alpha value is -1.45. The highest BCUT2D eigenvalue weighted by Crippen LogP contribution is 2.34. The molecule has 0 bridgehead atoms. The Balaban J connectivity index is -0.000000344. The molecule has 21 heavy (non-hydrogen) atoms. The number of carboxylic acids is 1. The molecule has 0 radical (unpaired) electrons. The second-order valence-corrected chi connectivity index (χ2v) is 5.69. The first-order valence-corrected chi connectivity index (χ1v) is 6.78. The molecule has 5 heteroatoms. The van der Waals surface area contributed by atoms with Crippen molar-refractivity contribution in [1.82, 2.24) is 0 Å². The average molecular weight is 301 g/mol. The molecule has 0 atom stereocenters. The lowest BCUT2D eigenvalue weighted by molar-refractivity contribution is -0.191. The first-order chi connectivity index (χ1) is 9.07. The Morgan fingerprint density at radius 3 is 1.81 bits per heavy atom. The predicted molar refractivity (Wildman–Crippen MR) is 83.6 cm³/mol. The molecule has 124 valence electrons. The third-order valence-corrected chi connectivity index (χ3v) is 2.99. The molecule has 1 rings (SSSR count). The van der Waals surface area contributed by atoms with E-state index in [1.54, 1.807) is 5.57 Å². The van der Waals surface area contributed by atoms with E-state index in [1.165, 1.54) is 31.3 Å². The van der Waals surface area contributed by atoms with Crippen molar-refractivity contribution in [3.05, 3.63) is 11.1 Å². The Kier molecular flexibility index (Phi) is 14.4. The summed E-state index contributed by atoms with van der Waals surface area (Å²) in [5, 5.41) is 7.42. The van der Waals surface area contributed by atoms with Crippen LogP contribution in [0.1, 0.15) is 67.7 Å². The van der Waals surface area contributed by atoms with Crippen LogP contribution in [0.25, 0.3) is 0 Å². The maximum Gasteiger partial charge on any atom is 0.373 e. The minimum atomic E-state index is -0.833. The third-order valence-electron chi connectivity index (χ3n) is 2.99. The van der Waals surface area contributed by atoms with Crippen LogP contribution in [0.2, 0.25) is 0 Å². The molecule has 0 heterocycles. The summed E-state index contributed by atoms with van der Waals surface area (Å²) in [7, 11) is 0. The molecule has 5 nitrogen and oxygen atoms in total. The summed E-state index contributed by atoms with van der Waals surface area (Å²) < 4.78 is 0. The Labute approximate surface area is 128 Å². The largest absolute Gasteiger partial charge is 0.481 e. The van der Waals surface area contributed by atoms with Crippen LogP contribution in [0.5, 0.6) is 0 Å². The van der Waals surface area contributed by atoms with Gasteiger partial charge in [-0.3, -0.25) is 4.79 Å². The van der Waals surface area contributed by atoms with Gasteiger partial charge in [-0.1, -0.05) is 32.4 Å². The Morgan fingerprint density at radius 1 is 1.24 bits per heavy atom. The maximum absolute atomic E-state index is 9.00. The smallest absolute Gasteiger partial charge is 0.373 e. The zero-order valence-electron chi connectivity index (χ0n) is 13.2. The minimum absolute atomic E-state index is 0. The van der Waals surface area contributed by atoms with Crippen molar-refractivity contribution in [1.29, 1.82) is 0 Å². The van der Waals surface area contributed by atoms with Crippen LogP contribution in [-0.4, -0.2) is 22.8 Å². The van der Waals surface area contributed by atoms with Crippen LogP contribution in [0, 0.1) is 5.92 Å². The summed E-state index contributed by atoms with van der Waals surface area (Å²) >= 11 is 0. The Bertz CT molecular complexity index is 355. The molecule has 1 aliphatic carbocycles. The maximum atomic E-state index is 9.00. The summed E-state index contributed by atoms with van der Waals surface area (Å²) in [5.74, 6) is -0.155. The number of allylic oxidation sites excluding steroid dienone is 1. The van der Waals surface area contributed by atoms with Gasteiger partial charge in [0.2, 0.25) is 0 Å². The second kappa shape index (κ2) is 12.3. The molecule has 1 aliphatic rings. The van der Waals surface area contributed by atoms with E-state index in [1.807, 2.05) is 0 Å². The summed E-state index contributed by atoms with van der Waals surface area (Å²) in [6.45, 7) is 9.92. The van der Waals surface area contributed by atoms with Gasteiger partial charge in [-0.15, -0.1) is 0 Å². The molecule has 0 aromatic rings. The van der Waals surface area contributed by atoms with Gasteiger partial charge in [0.05, 0.1) is 0 Å². The van der Waals surface area contributed by atoms with Crippen molar-refractivity contribution >= 4 is 12.1 Å². The highest BCUT2D eigenvalue weighted by Gasteiger charge is 2.24. The first kappa shape index (κ1) is 24.6. The molecule has 0 saturated heterocycles. The van der Waals surface area contributed by atoms with Crippen molar-refractivity contribution in [3.63, 3.8) is 0 Å². The highest BCUT2D eigenvalue weighted by atomic mass is 16.4. The zero-order valence-corrected chi connectivity index (χ0v) is 13.2. The highest BCUT2D eigenvalue weighted by molar-refractivity contribution is 5.62. The molecular formula is C16H31NO4. The summed E-state index contributed by atoms with van der Waals surface area (Å²) in [5.41, 5.74) is 9.23. The Morgan fingerprint density at radius 2 is 1.57 bits per heavy atom. The van der Waals surface area contributed by atoms with Crippen molar-refractivity contribution < 1.29 is 19.5 Å². The number of carboxylic acid groups (broad SMARTS) is 1. The third kappa shape index (κ3) is 13.3. The van der Waals surface area contributed by atoms with Gasteiger partial charge in [-0.05, 0) is 45.4 Å². The van der Waals surface area contributed by atoms with Gasteiger partial charge in [0.1, 0.15) is 0 Å². The first-order valence-electron chi connectivity index (χ1n) is 6.78. The quantitative estimate of drug-likeness (QED) is 0.762. The second-order valence-electron chi connectivity index (χ2n) is 5.69. The van der Waals surface area contributed by atoms with Crippen LogP contribution in [-0.2, 0) is 14.4 Å². The molecule has 0 aromatic heterocycles. The molecule has 0 spiro atoms. The van der Waals surface area contributed by atoms with Crippen LogP contribution in [0.15, 0.2) is 11.1 Å². The van der Waals surface area contributed by atoms with E-state index in [0.717, 1.165) is 6.92 Å². The standard InChI is InChI=1S/C12H23N.C2H4O2.CO2.CH4/c1-9(2)10-7-5-6-8-11(10)12(3,4)13;1-2(3)4;2-1-3;/h9H,5-8,13H2,1-4H3;1H3,(H,3,4);;1H4. The van der Waals surface area contributed by atoms with Crippen molar-refractivity contribution in [3.8, 4) is 0 Å². The minimum Gasteiger partial charge on any atom is -0.481 e. The van der Waals surface area contributed by atoms with E-state index < -0.39 is 5.97 Å². The number of hydrogen-bond acceptors (Lipinski definition) is 4. The molecule has 0 fully saturated rings. The molecule has 0 saturated carbocycles. The number of nitrogens with two attached hydrogens (primary N) is 1. The van der Waals surface area contributed by atoms with Crippen LogP contribution >= 0.6 is 0 Å².